The maximum absolute atomic E-state index is 4.39. The molecule has 4 nitrogen and oxygen atoms in total. The number of thiazole rings is 1. The van der Waals surface area contributed by atoms with Gasteiger partial charge in [-0.15, -0.1) is 22.7 Å². The van der Waals surface area contributed by atoms with Crippen LogP contribution in [0.5, 0.6) is 0 Å². The second-order valence-electron chi connectivity index (χ2n) is 5.35. The van der Waals surface area contributed by atoms with E-state index in [0.29, 0.717) is 0 Å². The second kappa shape index (κ2) is 7.35. The van der Waals surface area contributed by atoms with Crippen LogP contribution in [0.3, 0.4) is 0 Å². The lowest BCUT2D eigenvalue weighted by molar-refractivity contribution is 0.257. The van der Waals surface area contributed by atoms with Crippen molar-refractivity contribution in [2.75, 3.05) is 44.2 Å². The molecule has 114 valence electrons. The van der Waals surface area contributed by atoms with Crippen LogP contribution in [0, 0.1) is 6.92 Å². The summed E-state index contributed by atoms with van der Waals surface area (Å²) in [6.45, 7) is 9.85. The Morgan fingerprint density at radius 1 is 1.19 bits per heavy atom. The highest BCUT2D eigenvalue weighted by Gasteiger charge is 2.17. The number of hydrogen-bond donors (Lipinski definition) is 1. The predicted molar refractivity (Wildman–Crippen MR) is 91.5 cm³/mol. The lowest BCUT2D eigenvalue weighted by atomic mass is 10.3. The molecule has 0 unspecified atom stereocenters. The first-order chi connectivity index (χ1) is 10.3. The van der Waals surface area contributed by atoms with Gasteiger partial charge in [-0.25, -0.2) is 4.98 Å². The number of aryl methyl sites for hydroxylation is 1. The zero-order valence-corrected chi connectivity index (χ0v) is 14.1. The topological polar surface area (TPSA) is 31.4 Å². The normalized spacial score (nSPS) is 16.5. The molecule has 0 bridgehead atoms. The number of piperazine rings is 1. The number of thiophene rings is 1. The van der Waals surface area contributed by atoms with Crippen molar-refractivity contribution in [2.24, 2.45) is 0 Å². The van der Waals surface area contributed by atoms with Crippen molar-refractivity contribution in [3.05, 3.63) is 33.5 Å². The molecular formula is C15H22N4S2. The summed E-state index contributed by atoms with van der Waals surface area (Å²) in [7, 11) is 0. The van der Waals surface area contributed by atoms with Gasteiger partial charge in [-0.2, -0.15) is 0 Å². The van der Waals surface area contributed by atoms with Gasteiger partial charge in [-0.05, 0) is 23.9 Å². The second-order valence-corrected chi connectivity index (χ2v) is 7.22. The molecule has 1 saturated heterocycles. The third kappa shape index (κ3) is 4.03. The molecule has 0 spiro atoms. The van der Waals surface area contributed by atoms with Gasteiger partial charge >= 0.3 is 0 Å². The summed E-state index contributed by atoms with van der Waals surface area (Å²) in [4.78, 5) is 10.8. The fourth-order valence-electron chi connectivity index (χ4n) is 2.56. The zero-order valence-electron chi connectivity index (χ0n) is 12.4. The Morgan fingerprint density at radius 2 is 2.05 bits per heavy atom. The van der Waals surface area contributed by atoms with Crippen LogP contribution >= 0.6 is 22.7 Å². The maximum atomic E-state index is 4.39. The molecule has 21 heavy (non-hydrogen) atoms. The summed E-state index contributed by atoms with van der Waals surface area (Å²) in [6.07, 6.45) is 1.89. The number of anilines is 1. The SMILES string of the molecule is Cc1ccsc1CNCCN1CCN(c2nccs2)CC1. The Morgan fingerprint density at radius 3 is 2.71 bits per heavy atom. The van der Waals surface area contributed by atoms with Gasteiger partial charge in [0.15, 0.2) is 5.13 Å². The molecule has 0 radical (unpaired) electrons. The van der Waals surface area contributed by atoms with Crippen LogP contribution in [-0.4, -0.2) is 49.2 Å². The van der Waals surface area contributed by atoms with Crippen molar-refractivity contribution in [1.82, 2.24) is 15.2 Å². The zero-order chi connectivity index (χ0) is 14.5. The molecule has 2 aromatic rings. The molecule has 0 atom stereocenters. The summed E-state index contributed by atoms with van der Waals surface area (Å²) in [6, 6.07) is 2.19. The van der Waals surface area contributed by atoms with Crippen LogP contribution in [0.4, 0.5) is 5.13 Å². The van der Waals surface area contributed by atoms with E-state index < -0.39 is 0 Å². The Balaban J connectivity index is 1.33. The van der Waals surface area contributed by atoms with Gasteiger partial charge in [0.2, 0.25) is 0 Å². The lowest BCUT2D eigenvalue weighted by Gasteiger charge is -2.34. The minimum absolute atomic E-state index is 1.00. The smallest absolute Gasteiger partial charge is 0.185 e. The van der Waals surface area contributed by atoms with Gasteiger partial charge in [0, 0.05) is 62.3 Å². The highest BCUT2D eigenvalue weighted by atomic mass is 32.1. The molecule has 0 aliphatic carbocycles. The largest absolute Gasteiger partial charge is 0.346 e. The maximum Gasteiger partial charge on any atom is 0.185 e. The van der Waals surface area contributed by atoms with E-state index >= 15 is 0 Å². The number of hydrogen-bond acceptors (Lipinski definition) is 6. The van der Waals surface area contributed by atoms with Gasteiger partial charge in [0.25, 0.3) is 0 Å². The standard InChI is InChI=1S/C15H22N4S2/c1-13-2-10-20-14(13)12-16-3-5-18-6-8-19(9-7-18)15-17-4-11-21-15/h2,4,10-11,16H,3,5-9,12H2,1H3. The monoisotopic (exact) mass is 322 g/mol. The molecule has 1 aliphatic rings. The van der Waals surface area contributed by atoms with Crippen molar-refractivity contribution >= 4 is 27.8 Å². The van der Waals surface area contributed by atoms with E-state index in [4.69, 9.17) is 0 Å². The summed E-state index contributed by atoms with van der Waals surface area (Å²) in [5.41, 5.74) is 1.41. The molecule has 0 saturated carbocycles. The first-order valence-electron chi connectivity index (χ1n) is 7.43. The third-order valence-corrected chi connectivity index (χ3v) is 5.78. The summed E-state index contributed by atoms with van der Waals surface area (Å²) in [5, 5.41) is 8.95. The lowest BCUT2D eigenvalue weighted by Crippen LogP contribution is -2.48. The molecule has 3 rings (SSSR count). The third-order valence-electron chi connectivity index (χ3n) is 3.92. The van der Waals surface area contributed by atoms with E-state index in [1.54, 1.807) is 11.3 Å². The molecule has 0 amide bonds. The van der Waals surface area contributed by atoms with E-state index in [0.717, 1.165) is 45.8 Å². The Labute approximate surface area is 134 Å². The summed E-state index contributed by atoms with van der Waals surface area (Å²) >= 11 is 3.58. The molecule has 6 heteroatoms. The van der Waals surface area contributed by atoms with Crippen LogP contribution < -0.4 is 10.2 Å². The van der Waals surface area contributed by atoms with Gasteiger partial charge in [-0.1, -0.05) is 0 Å². The Kier molecular flexibility index (Phi) is 5.24. The number of rotatable bonds is 6. The molecule has 2 aromatic heterocycles. The van der Waals surface area contributed by atoms with Crippen molar-refractivity contribution in [3.8, 4) is 0 Å². The fraction of sp³-hybridized carbons (Fsp3) is 0.533. The molecule has 3 heterocycles. The van der Waals surface area contributed by atoms with Gasteiger partial charge in [0.1, 0.15) is 0 Å². The van der Waals surface area contributed by atoms with Crippen molar-refractivity contribution in [3.63, 3.8) is 0 Å². The average Bonchev–Trinajstić information content (AvgIpc) is 3.16. The van der Waals surface area contributed by atoms with Gasteiger partial charge in [0.05, 0.1) is 0 Å². The average molecular weight is 323 g/mol. The van der Waals surface area contributed by atoms with E-state index in [1.165, 1.54) is 15.6 Å². The number of aromatic nitrogens is 1. The number of nitrogens with one attached hydrogen (secondary N) is 1. The van der Waals surface area contributed by atoms with Crippen molar-refractivity contribution < 1.29 is 0 Å². The van der Waals surface area contributed by atoms with Gasteiger partial charge < -0.3 is 10.2 Å². The van der Waals surface area contributed by atoms with Crippen LogP contribution in [0.1, 0.15) is 10.4 Å². The van der Waals surface area contributed by atoms with Gasteiger partial charge in [-0.3, -0.25) is 4.90 Å². The summed E-state index contributed by atoms with van der Waals surface area (Å²) < 4.78 is 0. The summed E-state index contributed by atoms with van der Waals surface area (Å²) in [5.74, 6) is 0. The molecule has 1 aliphatic heterocycles. The molecule has 0 aromatic carbocycles. The Bertz CT molecular complexity index is 530. The first-order valence-corrected chi connectivity index (χ1v) is 9.19. The van der Waals surface area contributed by atoms with Crippen molar-refractivity contribution in [2.45, 2.75) is 13.5 Å². The molecule has 1 fully saturated rings. The predicted octanol–water partition coefficient (Wildman–Crippen LogP) is 2.42. The fourth-order valence-corrected chi connectivity index (χ4v) is 4.13. The Hall–Kier alpha value is -0.950. The highest BCUT2D eigenvalue weighted by molar-refractivity contribution is 7.13. The van der Waals surface area contributed by atoms with Crippen LogP contribution in [0.15, 0.2) is 23.0 Å². The number of nitrogens with zero attached hydrogens (tertiary/aromatic N) is 3. The van der Waals surface area contributed by atoms with E-state index in [1.807, 2.05) is 17.5 Å². The van der Waals surface area contributed by atoms with E-state index in [-0.39, 0.29) is 0 Å². The van der Waals surface area contributed by atoms with E-state index in [2.05, 4.69) is 43.9 Å². The highest BCUT2D eigenvalue weighted by Crippen LogP contribution is 2.18. The van der Waals surface area contributed by atoms with E-state index in [9.17, 15) is 0 Å². The quantitative estimate of drug-likeness (QED) is 0.828. The molecule has 1 N–H and O–H groups in total. The van der Waals surface area contributed by atoms with Crippen molar-refractivity contribution in [1.29, 1.82) is 0 Å². The molecular weight excluding hydrogens is 300 g/mol. The minimum atomic E-state index is 1.00. The van der Waals surface area contributed by atoms with Crippen LogP contribution in [-0.2, 0) is 6.54 Å². The first kappa shape index (κ1) is 15.0. The van der Waals surface area contributed by atoms with Crippen LogP contribution in [0.25, 0.3) is 0 Å². The van der Waals surface area contributed by atoms with Crippen LogP contribution in [0.2, 0.25) is 0 Å². The minimum Gasteiger partial charge on any atom is -0.346 e.